The van der Waals surface area contributed by atoms with E-state index >= 15 is 0 Å². The fraction of sp³-hybridized carbons (Fsp3) is 0.417. The molecule has 0 N–H and O–H groups in total. The molecule has 0 bridgehead atoms. The Kier molecular flexibility index (Phi) is 6.65. The van der Waals surface area contributed by atoms with Crippen LogP contribution in [0.4, 0.5) is 5.13 Å². The Morgan fingerprint density at radius 3 is 2.59 bits per heavy atom. The average molecular weight is 473 g/mol. The lowest BCUT2D eigenvalue weighted by Gasteiger charge is -2.23. The summed E-state index contributed by atoms with van der Waals surface area (Å²) < 4.78 is 32.3. The molecule has 170 valence electrons. The average Bonchev–Trinajstić information content (AvgIpc) is 3.43. The van der Waals surface area contributed by atoms with Crippen LogP contribution >= 0.6 is 11.3 Å². The molecule has 8 heteroatoms. The summed E-state index contributed by atoms with van der Waals surface area (Å²) in [4.78, 5) is 19.9. The van der Waals surface area contributed by atoms with Gasteiger partial charge in [0.25, 0.3) is 0 Å². The predicted octanol–water partition coefficient (Wildman–Crippen LogP) is 4.60. The first-order chi connectivity index (χ1) is 15.2. The molecule has 4 rings (SSSR count). The van der Waals surface area contributed by atoms with E-state index < -0.39 is 9.84 Å². The molecule has 1 atom stereocenters. The van der Waals surface area contributed by atoms with E-state index in [-0.39, 0.29) is 29.1 Å². The quantitative estimate of drug-likeness (QED) is 0.502. The number of thiazole rings is 1. The molecule has 1 aliphatic rings. The summed E-state index contributed by atoms with van der Waals surface area (Å²) in [7, 11) is -3.55. The second kappa shape index (κ2) is 9.29. The zero-order valence-electron chi connectivity index (χ0n) is 18.6. The van der Waals surface area contributed by atoms with Crippen molar-refractivity contribution in [2.45, 2.75) is 51.0 Å². The van der Waals surface area contributed by atoms with E-state index in [9.17, 15) is 13.2 Å². The van der Waals surface area contributed by atoms with Crippen LogP contribution in [0.3, 0.4) is 0 Å². The molecule has 6 nitrogen and oxygen atoms in total. The molecule has 2 heterocycles. The van der Waals surface area contributed by atoms with Crippen LogP contribution in [0.25, 0.3) is 10.2 Å². The Morgan fingerprint density at radius 2 is 1.91 bits per heavy atom. The van der Waals surface area contributed by atoms with Gasteiger partial charge in [-0.3, -0.25) is 9.69 Å². The molecule has 3 aromatic rings. The summed E-state index contributed by atoms with van der Waals surface area (Å²) in [5.74, 6) is -0.482. The number of sulfone groups is 1. The highest BCUT2D eigenvalue weighted by Gasteiger charge is 2.28. The van der Waals surface area contributed by atoms with Gasteiger partial charge in [-0.05, 0) is 62.9 Å². The monoisotopic (exact) mass is 472 g/mol. The van der Waals surface area contributed by atoms with Crippen LogP contribution < -0.4 is 4.90 Å². The third-order valence-electron chi connectivity index (χ3n) is 5.98. The number of carbonyl (C=O) groups excluding carboxylic acids is 1. The molecule has 1 aromatic heterocycles. The number of benzene rings is 2. The van der Waals surface area contributed by atoms with Crippen molar-refractivity contribution >= 4 is 42.4 Å². The number of hydrogen-bond acceptors (Lipinski definition) is 6. The van der Waals surface area contributed by atoms with Crippen LogP contribution in [-0.2, 0) is 19.4 Å². The standard InChI is InChI=1S/C24H28N2O4S2/c1-16-6-9-20(10-7-16)32(28,29)14-12-22(27)26(15-19-5-4-13-30-19)24-25-23-18(3)17(2)8-11-21(23)31-24/h6-11,19H,4-5,12-15H2,1-3H3. The van der Waals surface area contributed by atoms with Crippen molar-refractivity contribution in [1.29, 1.82) is 0 Å². The Hall–Kier alpha value is -2.29. The van der Waals surface area contributed by atoms with Crippen LogP contribution in [0.5, 0.6) is 0 Å². The lowest BCUT2D eigenvalue weighted by molar-refractivity contribution is -0.118. The van der Waals surface area contributed by atoms with Gasteiger partial charge in [-0.15, -0.1) is 0 Å². The SMILES string of the molecule is Cc1ccc(S(=O)(=O)CCC(=O)N(CC2CCCO2)c2nc3c(C)c(C)ccc3s2)cc1. The van der Waals surface area contributed by atoms with Gasteiger partial charge in [0.2, 0.25) is 5.91 Å². The van der Waals surface area contributed by atoms with Gasteiger partial charge < -0.3 is 4.74 Å². The minimum atomic E-state index is -3.55. The maximum Gasteiger partial charge on any atom is 0.229 e. The topological polar surface area (TPSA) is 76.6 Å². The van der Waals surface area contributed by atoms with E-state index in [2.05, 4.69) is 6.07 Å². The van der Waals surface area contributed by atoms with E-state index in [1.165, 1.54) is 11.3 Å². The molecular weight excluding hydrogens is 444 g/mol. The number of amides is 1. The molecule has 1 saturated heterocycles. The number of aromatic nitrogens is 1. The predicted molar refractivity (Wildman–Crippen MR) is 128 cm³/mol. The van der Waals surface area contributed by atoms with Crippen molar-refractivity contribution in [2.75, 3.05) is 23.8 Å². The van der Waals surface area contributed by atoms with Gasteiger partial charge in [-0.1, -0.05) is 35.1 Å². The van der Waals surface area contributed by atoms with Gasteiger partial charge in [-0.2, -0.15) is 0 Å². The molecule has 1 fully saturated rings. The lowest BCUT2D eigenvalue weighted by atomic mass is 10.1. The van der Waals surface area contributed by atoms with Gasteiger partial charge >= 0.3 is 0 Å². The molecule has 0 radical (unpaired) electrons. The van der Waals surface area contributed by atoms with E-state index in [1.54, 1.807) is 29.2 Å². The van der Waals surface area contributed by atoms with Gasteiger partial charge in [0.15, 0.2) is 15.0 Å². The third kappa shape index (κ3) is 4.87. The van der Waals surface area contributed by atoms with Crippen LogP contribution in [0.15, 0.2) is 41.3 Å². The Balaban J connectivity index is 1.58. The second-order valence-electron chi connectivity index (χ2n) is 8.37. The van der Waals surface area contributed by atoms with Gasteiger partial charge in [-0.25, -0.2) is 13.4 Å². The summed E-state index contributed by atoms with van der Waals surface area (Å²) in [5, 5.41) is 0.599. The highest BCUT2D eigenvalue weighted by atomic mass is 32.2. The largest absolute Gasteiger partial charge is 0.376 e. The molecule has 2 aromatic carbocycles. The Bertz CT molecular complexity index is 1230. The minimum Gasteiger partial charge on any atom is -0.376 e. The summed E-state index contributed by atoms with van der Waals surface area (Å²) in [6.45, 7) is 7.05. The summed E-state index contributed by atoms with van der Waals surface area (Å²) in [6.07, 6.45) is 1.69. The maximum absolute atomic E-state index is 13.3. The molecule has 1 aliphatic heterocycles. The number of hydrogen-bond donors (Lipinski definition) is 0. The number of anilines is 1. The Labute approximate surface area is 193 Å². The summed E-state index contributed by atoms with van der Waals surface area (Å²) in [5.41, 5.74) is 4.12. The van der Waals surface area contributed by atoms with Crippen LogP contribution in [0, 0.1) is 20.8 Å². The van der Waals surface area contributed by atoms with Crippen molar-refractivity contribution in [3.05, 3.63) is 53.1 Å². The van der Waals surface area contributed by atoms with Crippen molar-refractivity contribution < 1.29 is 17.9 Å². The molecule has 32 heavy (non-hydrogen) atoms. The molecule has 1 amide bonds. The normalized spacial score (nSPS) is 16.5. The third-order valence-corrected chi connectivity index (χ3v) is 8.76. The fourth-order valence-electron chi connectivity index (χ4n) is 3.83. The lowest BCUT2D eigenvalue weighted by Crippen LogP contribution is -2.38. The fourth-order valence-corrected chi connectivity index (χ4v) is 6.11. The molecule has 0 spiro atoms. The van der Waals surface area contributed by atoms with Crippen molar-refractivity contribution in [3.63, 3.8) is 0 Å². The van der Waals surface area contributed by atoms with Gasteiger partial charge in [0.05, 0.1) is 33.5 Å². The van der Waals surface area contributed by atoms with Crippen molar-refractivity contribution in [2.24, 2.45) is 0 Å². The molecule has 0 saturated carbocycles. The van der Waals surface area contributed by atoms with Crippen LogP contribution in [0.2, 0.25) is 0 Å². The maximum atomic E-state index is 13.3. The number of rotatable bonds is 7. The number of aryl methyl sites for hydroxylation is 3. The first-order valence-corrected chi connectivity index (χ1v) is 13.3. The second-order valence-corrected chi connectivity index (χ2v) is 11.5. The molecule has 0 aliphatic carbocycles. The highest BCUT2D eigenvalue weighted by molar-refractivity contribution is 7.91. The number of ether oxygens (including phenoxy) is 1. The number of nitrogens with zero attached hydrogens (tertiary/aromatic N) is 2. The van der Waals surface area contributed by atoms with Gasteiger partial charge in [0, 0.05) is 13.0 Å². The molecular formula is C24H28N2O4S2. The Morgan fingerprint density at radius 1 is 1.16 bits per heavy atom. The van der Waals surface area contributed by atoms with Crippen LogP contribution in [-0.4, -0.2) is 44.3 Å². The molecule has 1 unspecified atom stereocenters. The summed E-state index contributed by atoms with van der Waals surface area (Å²) in [6, 6.07) is 10.8. The zero-order chi connectivity index (χ0) is 22.9. The van der Waals surface area contributed by atoms with Crippen molar-refractivity contribution in [1.82, 2.24) is 4.98 Å². The van der Waals surface area contributed by atoms with E-state index in [0.29, 0.717) is 18.3 Å². The first kappa shape index (κ1) is 22.9. The van der Waals surface area contributed by atoms with Crippen LogP contribution in [0.1, 0.15) is 36.0 Å². The smallest absolute Gasteiger partial charge is 0.229 e. The van der Waals surface area contributed by atoms with E-state index in [1.807, 2.05) is 26.8 Å². The highest BCUT2D eigenvalue weighted by Crippen LogP contribution is 2.33. The van der Waals surface area contributed by atoms with E-state index in [0.717, 1.165) is 39.7 Å². The van der Waals surface area contributed by atoms with Crippen molar-refractivity contribution in [3.8, 4) is 0 Å². The zero-order valence-corrected chi connectivity index (χ0v) is 20.3. The minimum absolute atomic E-state index is 0.0532. The number of carbonyl (C=O) groups is 1. The first-order valence-electron chi connectivity index (χ1n) is 10.8. The van der Waals surface area contributed by atoms with Gasteiger partial charge in [0.1, 0.15) is 0 Å². The summed E-state index contributed by atoms with van der Waals surface area (Å²) >= 11 is 1.46. The number of fused-ring (bicyclic) bond motifs is 1. The van der Waals surface area contributed by atoms with E-state index in [4.69, 9.17) is 9.72 Å².